The number of rotatable bonds is 6. The molecule has 6 heteroatoms. The van der Waals surface area contributed by atoms with Crippen LogP contribution < -0.4 is 4.74 Å². The zero-order valence-electron chi connectivity index (χ0n) is 14.2. The molecule has 0 spiro atoms. The molecule has 2 aromatic rings. The zero-order chi connectivity index (χ0) is 17.7. The molecule has 0 saturated carbocycles. The maximum absolute atomic E-state index is 11.8. The summed E-state index contributed by atoms with van der Waals surface area (Å²) < 4.78 is 20.5. The Balaban J connectivity index is 1.86. The lowest BCUT2D eigenvalue weighted by molar-refractivity contribution is -0.147. The third kappa shape index (κ3) is 4.38. The summed E-state index contributed by atoms with van der Waals surface area (Å²) >= 11 is 0. The molecule has 0 fully saturated rings. The zero-order valence-corrected chi connectivity index (χ0v) is 14.2. The minimum absolute atomic E-state index is 0.0765. The van der Waals surface area contributed by atoms with Gasteiger partial charge in [0.15, 0.2) is 6.61 Å². The van der Waals surface area contributed by atoms with E-state index in [1.54, 1.807) is 6.92 Å². The van der Waals surface area contributed by atoms with Crippen LogP contribution >= 0.6 is 0 Å². The number of carbonyl (C=O) groups excluding carboxylic acids is 2. The van der Waals surface area contributed by atoms with Gasteiger partial charge in [-0.25, -0.2) is 9.59 Å². The van der Waals surface area contributed by atoms with Crippen molar-refractivity contribution in [2.75, 3.05) is 13.7 Å². The molecule has 1 aromatic heterocycles. The second-order valence-corrected chi connectivity index (χ2v) is 5.39. The van der Waals surface area contributed by atoms with E-state index in [4.69, 9.17) is 13.9 Å². The molecule has 0 N–H and O–H groups in total. The third-order valence-corrected chi connectivity index (χ3v) is 3.43. The van der Waals surface area contributed by atoms with E-state index < -0.39 is 11.9 Å². The van der Waals surface area contributed by atoms with E-state index in [-0.39, 0.29) is 13.2 Å². The van der Waals surface area contributed by atoms with Crippen molar-refractivity contribution >= 4 is 11.9 Å². The van der Waals surface area contributed by atoms with Crippen LogP contribution in [-0.2, 0) is 20.9 Å². The maximum Gasteiger partial charge on any atom is 0.344 e. The quantitative estimate of drug-likeness (QED) is 0.757. The molecule has 0 amide bonds. The average Bonchev–Trinajstić information content (AvgIpc) is 2.92. The Morgan fingerprint density at radius 3 is 2.54 bits per heavy atom. The standard InChI is InChI=1S/C18H20O6/c1-11-5-6-16(12(2)7-11)22-10-17(19)23-9-14-8-15(13(3)24-14)18(20)21-4/h5-8H,9-10H2,1-4H3. The van der Waals surface area contributed by atoms with E-state index in [1.807, 2.05) is 32.0 Å². The van der Waals surface area contributed by atoms with Gasteiger partial charge in [0.2, 0.25) is 0 Å². The largest absolute Gasteiger partial charge is 0.482 e. The first-order valence-corrected chi connectivity index (χ1v) is 7.44. The lowest BCUT2D eigenvalue weighted by atomic mass is 10.1. The molecule has 128 valence electrons. The number of benzene rings is 1. The van der Waals surface area contributed by atoms with Crippen LogP contribution in [0.1, 0.15) is 33.0 Å². The Bertz CT molecular complexity index is 744. The summed E-state index contributed by atoms with van der Waals surface area (Å²) in [4.78, 5) is 23.3. The van der Waals surface area contributed by atoms with Gasteiger partial charge in [0, 0.05) is 0 Å². The predicted molar refractivity (Wildman–Crippen MR) is 86.0 cm³/mol. The van der Waals surface area contributed by atoms with Gasteiger partial charge in [0.1, 0.15) is 29.4 Å². The van der Waals surface area contributed by atoms with Crippen LogP contribution in [0.5, 0.6) is 5.75 Å². The highest BCUT2D eigenvalue weighted by atomic mass is 16.6. The van der Waals surface area contributed by atoms with Gasteiger partial charge in [-0.15, -0.1) is 0 Å². The molecule has 0 bridgehead atoms. The molecule has 0 aliphatic rings. The normalized spacial score (nSPS) is 10.3. The van der Waals surface area contributed by atoms with Crippen LogP contribution in [0, 0.1) is 20.8 Å². The molecule has 2 rings (SSSR count). The summed E-state index contributed by atoms with van der Waals surface area (Å²) in [5, 5.41) is 0. The van der Waals surface area contributed by atoms with Gasteiger partial charge in [-0.1, -0.05) is 17.7 Å². The van der Waals surface area contributed by atoms with Crippen molar-refractivity contribution in [2.45, 2.75) is 27.4 Å². The van der Waals surface area contributed by atoms with Crippen LogP contribution in [-0.4, -0.2) is 25.7 Å². The summed E-state index contributed by atoms with van der Waals surface area (Å²) in [7, 11) is 1.29. The van der Waals surface area contributed by atoms with Gasteiger partial charge in [-0.2, -0.15) is 0 Å². The number of esters is 2. The summed E-state index contributed by atoms with van der Waals surface area (Å²) in [5.41, 5.74) is 2.39. The molecule has 24 heavy (non-hydrogen) atoms. The van der Waals surface area contributed by atoms with Crippen molar-refractivity contribution in [3.05, 3.63) is 52.5 Å². The Labute approximate surface area is 140 Å². The molecule has 0 aliphatic heterocycles. The molecule has 0 unspecified atom stereocenters. The van der Waals surface area contributed by atoms with E-state index in [2.05, 4.69) is 4.74 Å². The van der Waals surface area contributed by atoms with Gasteiger partial charge in [-0.05, 0) is 38.5 Å². The van der Waals surface area contributed by atoms with Crippen molar-refractivity contribution in [3.63, 3.8) is 0 Å². The molecule has 0 saturated heterocycles. The molecular weight excluding hydrogens is 312 g/mol. The summed E-state index contributed by atoms with van der Waals surface area (Å²) in [6.07, 6.45) is 0. The Morgan fingerprint density at radius 1 is 1.12 bits per heavy atom. The van der Waals surface area contributed by atoms with Crippen LogP contribution in [0.2, 0.25) is 0 Å². The van der Waals surface area contributed by atoms with E-state index >= 15 is 0 Å². The minimum Gasteiger partial charge on any atom is -0.482 e. The van der Waals surface area contributed by atoms with Gasteiger partial charge in [0.05, 0.1) is 7.11 Å². The molecule has 0 aliphatic carbocycles. The maximum atomic E-state index is 11.8. The molecule has 0 radical (unpaired) electrons. The Kier molecular flexibility index (Phi) is 5.63. The van der Waals surface area contributed by atoms with Gasteiger partial charge in [0.25, 0.3) is 0 Å². The third-order valence-electron chi connectivity index (χ3n) is 3.43. The van der Waals surface area contributed by atoms with Crippen molar-refractivity contribution < 1.29 is 28.2 Å². The Hall–Kier alpha value is -2.76. The number of carbonyl (C=O) groups is 2. The first kappa shape index (κ1) is 17.6. The van der Waals surface area contributed by atoms with Crippen molar-refractivity contribution in [1.29, 1.82) is 0 Å². The summed E-state index contributed by atoms with van der Waals surface area (Å²) in [6.45, 7) is 5.26. The van der Waals surface area contributed by atoms with E-state index in [0.717, 1.165) is 11.1 Å². The number of hydrogen-bond acceptors (Lipinski definition) is 6. The second-order valence-electron chi connectivity index (χ2n) is 5.39. The highest BCUT2D eigenvalue weighted by Crippen LogP contribution is 2.19. The van der Waals surface area contributed by atoms with Crippen molar-refractivity contribution in [2.24, 2.45) is 0 Å². The van der Waals surface area contributed by atoms with E-state index in [9.17, 15) is 9.59 Å². The fourth-order valence-corrected chi connectivity index (χ4v) is 2.22. The topological polar surface area (TPSA) is 75.0 Å². The van der Waals surface area contributed by atoms with Crippen molar-refractivity contribution in [1.82, 2.24) is 0 Å². The van der Waals surface area contributed by atoms with Crippen LogP contribution in [0.4, 0.5) is 0 Å². The number of furan rings is 1. The van der Waals surface area contributed by atoms with Gasteiger partial charge in [-0.3, -0.25) is 0 Å². The molecule has 0 atom stereocenters. The van der Waals surface area contributed by atoms with Crippen LogP contribution in [0.15, 0.2) is 28.7 Å². The first-order chi connectivity index (χ1) is 11.4. The molecule has 6 nitrogen and oxygen atoms in total. The first-order valence-electron chi connectivity index (χ1n) is 7.44. The number of aryl methyl sites for hydroxylation is 3. The van der Waals surface area contributed by atoms with Crippen LogP contribution in [0.25, 0.3) is 0 Å². The highest BCUT2D eigenvalue weighted by Gasteiger charge is 2.16. The molecule has 1 heterocycles. The van der Waals surface area contributed by atoms with Crippen molar-refractivity contribution in [3.8, 4) is 5.75 Å². The highest BCUT2D eigenvalue weighted by molar-refractivity contribution is 5.90. The lowest BCUT2D eigenvalue weighted by Crippen LogP contribution is -2.15. The second kappa shape index (κ2) is 7.68. The van der Waals surface area contributed by atoms with Gasteiger partial charge < -0.3 is 18.6 Å². The fourth-order valence-electron chi connectivity index (χ4n) is 2.22. The monoisotopic (exact) mass is 332 g/mol. The average molecular weight is 332 g/mol. The number of hydrogen-bond donors (Lipinski definition) is 0. The van der Waals surface area contributed by atoms with Crippen LogP contribution in [0.3, 0.4) is 0 Å². The predicted octanol–water partition coefficient (Wildman–Crippen LogP) is 3.11. The van der Waals surface area contributed by atoms with Gasteiger partial charge >= 0.3 is 11.9 Å². The smallest absolute Gasteiger partial charge is 0.344 e. The fraction of sp³-hybridized carbons (Fsp3) is 0.333. The molecular formula is C18H20O6. The lowest BCUT2D eigenvalue weighted by Gasteiger charge is -2.09. The number of methoxy groups -OCH3 is 1. The minimum atomic E-state index is -0.524. The summed E-state index contributed by atoms with van der Waals surface area (Å²) in [5.74, 6) is 0.405. The SMILES string of the molecule is COC(=O)c1cc(COC(=O)COc2ccc(C)cc2C)oc1C. The Morgan fingerprint density at radius 2 is 1.88 bits per heavy atom. The molecule has 1 aromatic carbocycles. The summed E-state index contributed by atoms with van der Waals surface area (Å²) in [6, 6.07) is 7.20. The van der Waals surface area contributed by atoms with E-state index in [0.29, 0.717) is 22.8 Å². The number of ether oxygens (including phenoxy) is 3. The van der Waals surface area contributed by atoms with E-state index in [1.165, 1.54) is 13.2 Å².